The van der Waals surface area contributed by atoms with E-state index in [4.69, 9.17) is 5.11 Å². The van der Waals surface area contributed by atoms with Crippen LogP contribution in [0.5, 0.6) is 0 Å². The minimum absolute atomic E-state index is 0.0109. The standard InChI is InChI=1S/C18H17F2N5O2S/c19-13-8-14(20)15(7-12(13)17(27)22-5-6-26)23-9-11-10-24-18(28-11)25-16-3-1-2-4-21-16/h1-4,7-8,10,23,26H,5-6,9H2,(H,22,27)(H,21,24,25). The number of nitrogens with zero attached hydrogens (tertiary/aromatic N) is 2. The Morgan fingerprint density at radius 2 is 2.04 bits per heavy atom. The number of hydrogen-bond donors (Lipinski definition) is 4. The second kappa shape index (κ2) is 9.20. The molecule has 2 heterocycles. The maximum Gasteiger partial charge on any atom is 0.254 e. The number of aromatic nitrogens is 2. The van der Waals surface area contributed by atoms with E-state index in [0.29, 0.717) is 17.0 Å². The van der Waals surface area contributed by atoms with Crippen LogP contribution in [-0.2, 0) is 6.54 Å². The Morgan fingerprint density at radius 1 is 1.18 bits per heavy atom. The van der Waals surface area contributed by atoms with Crippen molar-refractivity contribution >= 4 is 33.9 Å². The normalized spacial score (nSPS) is 10.5. The number of rotatable bonds is 8. The van der Waals surface area contributed by atoms with E-state index < -0.39 is 17.5 Å². The number of aliphatic hydroxyl groups is 1. The molecule has 3 rings (SSSR count). The fourth-order valence-corrected chi connectivity index (χ4v) is 3.06. The summed E-state index contributed by atoms with van der Waals surface area (Å²) in [5.74, 6) is -1.86. The van der Waals surface area contributed by atoms with E-state index in [-0.39, 0.29) is 30.9 Å². The van der Waals surface area contributed by atoms with Gasteiger partial charge in [0.25, 0.3) is 5.91 Å². The molecule has 0 aliphatic heterocycles. The van der Waals surface area contributed by atoms with Crippen molar-refractivity contribution in [2.45, 2.75) is 6.54 Å². The molecule has 0 unspecified atom stereocenters. The van der Waals surface area contributed by atoms with E-state index >= 15 is 0 Å². The van der Waals surface area contributed by atoms with Crippen molar-refractivity contribution in [1.29, 1.82) is 0 Å². The Morgan fingerprint density at radius 3 is 2.79 bits per heavy atom. The van der Waals surface area contributed by atoms with E-state index in [1.165, 1.54) is 11.3 Å². The van der Waals surface area contributed by atoms with Crippen LogP contribution in [-0.4, -0.2) is 34.1 Å². The topological polar surface area (TPSA) is 99.2 Å². The number of anilines is 3. The minimum atomic E-state index is -0.974. The first-order valence-corrected chi connectivity index (χ1v) is 9.13. The molecule has 0 fully saturated rings. The van der Waals surface area contributed by atoms with Gasteiger partial charge in [-0.3, -0.25) is 4.79 Å². The van der Waals surface area contributed by atoms with Crippen LogP contribution in [0.25, 0.3) is 0 Å². The first-order valence-electron chi connectivity index (χ1n) is 8.31. The molecule has 0 spiro atoms. The predicted octanol–water partition coefficient (Wildman–Crippen LogP) is 2.89. The van der Waals surface area contributed by atoms with Crippen LogP contribution in [0, 0.1) is 11.6 Å². The highest BCUT2D eigenvalue weighted by Gasteiger charge is 2.16. The van der Waals surface area contributed by atoms with Crippen molar-refractivity contribution in [2.75, 3.05) is 23.8 Å². The lowest BCUT2D eigenvalue weighted by Crippen LogP contribution is -2.27. The lowest BCUT2D eigenvalue weighted by Gasteiger charge is -2.10. The summed E-state index contributed by atoms with van der Waals surface area (Å²) in [7, 11) is 0. The van der Waals surface area contributed by atoms with Gasteiger partial charge < -0.3 is 21.1 Å². The van der Waals surface area contributed by atoms with E-state index in [0.717, 1.165) is 10.9 Å². The molecule has 0 bridgehead atoms. The van der Waals surface area contributed by atoms with Crippen molar-refractivity contribution in [3.8, 4) is 0 Å². The molecule has 4 N–H and O–H groups in total. The van der Waals surface area contributed by atoms with Gasteiger partial charge in [0, 0.05) is 29.9 Å². The maximum atomic E-state index is 14.0. The quantitative estimate of drug-likeness (QED) is 0.460. The van der Waals surface area contributed by atoms with Gasteiger partial charge in [0.05, 0.1) is 24.4 Å². The molecule has 0 radical (unpaired) electrons. The zero-order valence-corrected chi connectivity index (χ0v) is 15.4. The van der Waals surface area contributed by atoms with Gasteiger partial charge in [-0.2, -0.15) is 0 Å². The number of carbonyl (C=O) groups excluding carboxylic acids is 1. The van der Waals surface area contributed by atoms with Crippen LogP contribution in [0.4, 0.5) is 25.4 Å². The molecule has 0 saturated carbocycles. The third-order valence-electron chi connectivity index (χ3n) is 3.61. The van der Waals surface area contributed by atoms with Crippen LogP contribution in [0.15, 0.2) is 42.7 Å². The van der Waals surface area contributed by atoms with E-state index in [1.54, 1.807) is 24.5 Å². The summed E-state index contributed by atoms with van der Waals surface area (Å²) < 4.78 is 27.9. The number of benzene rings is 1. The predicted molar refractivity (Wildman–Crippen MR) is 103 cm³/mol. The highest BCUT2D eigenvalue weighted by molar-refractivity contribution is 7.15. The van der Waals surface area contributed by atoms with Crippen LogP contribution in [0.1, 0.15) is 15.2 Å². The van der Waals surface area contributed by atoms with Gasteiger partial charge in [0.2, 0.25) is 0 Å². The summed E-state index contributed by atoms with van der Waals surface area (Å²) in [6.45, 7) is -0.0625. The van der Waals surface area contributed by atoms with Crippen molar-refractivity contribution in [3.63, 3.8) is 0 Å². The largest absolute Gasteiger partial charge is 0.395 e. The number of thiazole rings is 1. The number of pyridine rings is 1. The Bertz CT molecular complexity index is 952. The Kier molecular flexibility index (Phi) is 6.45. The molecular weight excluding hydrogens is 388 g/mol. The summed E-state index contributed by atoms with van der Waals surface area (Å²) in [6.07, 6.45) is 3.28. The second-order valence-electron chi connectivity index (χ2n) is 5.62. The molecule has 0 aliphatic rings. The average molecular weight is 405 g/mol. The SMILES string of the molecule is O=C(NCCO)c1cc(NCc2cnc(Nc3ccccn3)s2)c(F)cc1F. The molecule has 2 aromatic heterocycles. The fraction of sp³-hybridized carbons (Fsp3) is 0.167. The van der Waals surface area contributed by atoms with Crippen LogP contribution in [0.2, 0.25) is 0 Å². The van der Waals surface area contributed by atoms with Crippen LogP contribution in [0.3, 0.4) is 0 Å². The number of nitrogens with one attached hydrogen (secondary N) is 3. The molecule has 3 aromatic rings. The second-order valence-corrected chi connectivity index (χ2v) is 6.73. The highest BCUT2D eigenvalue weighted by atomic mass is 32.1. The van der Waals surface area contributed by atoms with Gasteiger partial charge in [-0.15, -0.1) is 0 Å². The Labute approximate surface area is 163 Å². The molecule has 10 heteroatoms. The van der Waals surface area contributed by atoms with Gasteiger partial charge in [-0.25, -0.2) is 18.7 Å². The molecule has 1 aromatic carbocycles. The number of amides is 1. The van der Waals surface area contributed by atoms with Gasteiger partial charge in [-0.05, 0) is 18.2 Å². The molecule has 146 valence electrons. The summed E-state index contributed by atoms with van der Waals surface area (Å²) in [5.41, 5.74) is -0.317. The van der Waals surface area contributed by atoms with E-state index in [2.05, 4.69) is 25.9 Å². The van der Waals surface area contributed by atoms with Crippen molar-refractivity contribution in [1.82, 2.24) is 15.3 Å². The monoisotopic (exact) mass is 405 g/mol. The lowest BCUT2D eigenvalue weighted by atomic mass is 10.1. The van der Waals surface area contributed by atoms with Crippen LogP contribution >= 0.6 is 11.3 Å². The van der Waals surface area contributed by atoms with Crippen molar-refractivity contribution in [2.24, 2.45) is 0 Å². The summed E-state index contributed by atoms with van der Waals surface area (Å²) in [5, 5.41) is 17.6. The zero-order chi connectivity index (χ0) is 19.9. The number of halogens is 2. The van der Waals surface area contributed by atoms with Gasteiger partial charge >= 0.3 is 0 Å². The molecule has 1 amide bonds. The zero-order valence-electron chi connectivity index (χ0n) is 14.6. The fourth-order valence-electron chi connectivity index (χ4n) is 2.30. The number of hydrogen-bond acceptors (Lipinski definition) is 7. The molecule has 0 atom stereocenters. The third-order valence-corrected chi connectivity index (χ3v) is 4.52. The Hall–Kier alpha value is -3.11. The number of aliphatic hydroxyl groups excluding tert-OH is 1. The maximum absolute atomic E-state index is 14.0. The summed E-state index contributed by atoms with van der Waals surface area (Å²) in [4.78, 5) is 21.1. The van der Waals surface area contributed by atoms with Gasteiger partial charge in [0.1, 0.15) is 17.5 Å². The third kappa shape index (κ3) is 4.99. The summed E-state index contributed by atoms with van der Waals surface area (Å²) >= 11 is 1.35. The van der Waals surface area contributed by atoms with Crippen molar-refractivity contribution < 1.29 is 18.7 Å². The Balaban J connectivity index is 1.66. The first kappa shape index (κ1) is 19.6. The number of carbonyl (C=O) groups is 1. The molecule has 7 nitrogen and oxygen atoms in total. The molecular formula is C18H17F2N5O2S. The minimum Gasteiger partial charge on any atom is -0.395 e. The average Bonchev–Trinajstić information content (AvgIpc) is 3.13. The van der Waals surface area contributed by atoms with E-state index in [1.807, 2.05) is 6.07 Å². The molecule has 0 aliphatic carbocycles. The molecule has 0 saturated heterocycles. The molecule has 28 heavy (non-hydrogen) atoms. The van der Waals surface area contributed by atoms with Gasteiger partial charge in [0.15, 0.2) is 5.13 Å². The van der Waals surface area contributed by atoms with Gasteiger partial charge in [-0.1, -0.05) is 17.4 Å². The van der Waals surface area contributed by atoms with Crippen LogP contribution < -0.4 is 16.0 Å². The van der Waals surface area contributed by atoms with Crippen molar-refractivity contribution in [3.05, 3.63) is 64.8 Å². The highest BCUT2D eigenvalue weighted by Crippen LogP contribution is 2.24. The lowest BCUT2D eigenvalue weighted by molar-refractivity contribution is 0.0940. The van der Waals surface area contributed by atoms with E-state index in [9.17, 15) is 13.6 Å². The summed E-state index contributed by atoms with van der Waals surface area (Å²) in [6, 6.07) is 7.20. The first-order chi connectivity index (χ1) is 13.6. The smallest absolute Gasteiger partial charge is 0.254 e.